The summed E-state index contributed by atoms with van der Waals surface area (Å²) in [4.78, 5) is 21.6. The molecular formula is C22H22FN3O3S. The van der Waals surface area contributed by atoms with Crippen molar-refractivity contribution in [1.29, 1.82) is 0 Å². The van der Waals surface area contributed by atoms with Gasteiger partial charge in [0.2, 0.25) is 0 Å². The number of piperazine rings is 1. The van der Waals surface area contributed by atoms with Crippen LogP contribution in [0.3, 0.4) is 0 Å². The molecule has 1 saturated heterocycles. The fourth-order valence-corrected chi connectivity index (χ4v) is 4.38. The van der Waals surface area contributed by atoms with Crippen LogP contribution in [0.15, 0.2) is 52.4 Å². The van der Waals surface area contributed by atoms with Gasteiger partial charge in [-0.1, -0.05) is 0 Å². The van der Waals surface area contributed by atoms with Crippen LogP contribution in [0.25, 0.3) is 6.08 Å². The van der Waals surface area contributed by atoms with E-state index in [2.05, 4.69) is 14.8 Å². The van der Waals surface area contributed by atoms with Crippen LogP contribution in [0.1, 0.15) is 5.56 Å². The maximum Gasteiger partial charge on any atom is 0.286 e. The van der Waals surface area contributed by atoms with Gasteiger partial charge in [0.15, 0.2) is 5.17 Å². The Morgan fingerprint density at radius 1 is 1.00 bits per heavy atom. The van der Waals surface area contributed by atoms with Crippen molar-refractivity contribution >= 4 is 34.6 Å². The Labute approximate surface area is 179 Å². The summed E-state index contributed by atoms with van der Waals surface area (Å²) in [5.74, 6) is 0.848. The molecule has 0 spiro atoms. The quantitative estimate of drug-likeness (QED) is 0.695. The van der Waals surface area contributed by atoms with Gasteiger partial charge in [-0.2, -0.15) is 4.99 Å². The van der Waals surface area contributed by atoms with E-state index in [9.17, 15) is 9.18 Å². The lowest BCUT2D eigenvalue weighted by Gasteiger charge is -2.36. The van der Waals surface area contributed by atoms with Crippen molar-refractivity contribution in [2.45, 2.75) is 0 Å². The van der Waals surface area contributed by atoms with E-state index in [0.717, 1.165) is 42.6 Å². The molecule has 2 aliphatic rings. The van der Waals surface area contributed by atoms with Crippen molar-refractivity contribution in [1.82, 2.24) is 4.90 Å². The molecule has 2 aliphatic heterocycles. The first kappa shape index (κ1) is 20.3. The molecule has 8 heteroatoms. The topological polar surface area (TPSA) is 54.4 Å². The lowest BCUT2D eigenvalue weighted by Crippen LogP contribution is -2.47. The highest BCUT2D eigenvalue weighted by molar-refractivity contribution is 8.18. The zero-order valence-corrected chi connectivity index (χ0v) is 17.6. The van der Waals surface area contributed by atoms with E-state index in [-0.39, 0.29) is 11.7 Å². The summed E-state index contributed by atoms with van der Waals surface area (Å²) in [6.07, 6.45) is 1.80. The molecule has 2 heterocycles. The molecule has 2 aromatic carbocycles. The van der Waals surface area contributed by atoms with Gasteiger partial charge in [0.25, 0.3) is 5.91 Å². The minimum Gasteiger partial charge on any atom is -0.497 e. The molecular weight excluding hydrogens is 405 g/mol. The number of rotatable bonds is 4. The predicted octanol–water partition coefficient (Wildman–Crippen LogP) is 3.64. The number of hydrogen-bond donors (Lipinski definition) is 0. The van der Waals surface area contributed by atoms with E-state index < -0.39 is 0 Å². The standard InChI is InChI=1S/C22H22FN3O3S/c1-28-18-8-3-15(19(14-18)29-2)13-20-21(27)24-22(30-20)26-11-9-25(10-12-26)17-6-4-16(23)5-7-17/h3-8,13-14H,9-12H2,1-2H3/b20-13-. The van der Waals surface area contributed by atoms with Crippen molar-refractivity contribution in [3.05, 3.63) is 58.8 Å². The minimum absolute atomic E-state index is 0.236. The van der Waals surface area contributed by atoms with Crippen LogP contribution in [0.2, 0.25) is 0 Å². The van der Waals surface area contributed by atoms with Crippen LogP contribution in [0, 0.1) is 5.82 Å². The van der Waals surface area contributed by atoms with Crippen molar-refractivity contribution in [3.8, 4) is 11.5 Å². The fourth-order valence-electron chi connectivity index (χ4n) is 3.42. The molecule has 0 bridgehead atoms. The van der Waals surface area contributed by atoms with Crippen molar-refractivity contribution in [2.75, 3.05) is 45.3 Å². The summed E-state index contributed by atoms with van der Waals surface area (Å²) < 4.78 is 23.8. The number of benzene rings is 2. The number of carbonyl (C=O) groups excluding carboxylic acids is 1. The maximum atomic E-state index is 13.1. The Hall–Kier alpha value is -3.00. The lowest BCUT2D eigenvalue weighted by atomic mass is 10.1. The first-order valence-corrected chi connectivity index (χ1v) is 10.4. The first-order valence-electron chi connectivity index (χ1n) is 9.57. The van der Waals surface area contributed by atoms with Crippen molar-refractivity contribution in [2.24, 2.45) is 4.99 Å². The number of ether oxygens (including phenoxy) is 2. The second kappa shape index (κ2) is 8.79. The van der Waals surface area contributed by atoms with Crippen LogP contribution in [-0.4, -0.2) is 56.4 Å². The lowest BCUT2D eigenvalue weighted by molar-refractivity contribution is -0.113. The van der Waals surface area contributed by atoms with Crippen LogP contribution < -0.4 is 14.4 Å². The SMILES string of the molecule is COc1ccc(/C=C2\SC(N3CCN(c4ccc(F)cc4)CC3)=NC2=O)c(OC)c1. The van der Waals surface area contributed by atoms with Crippen LogP contribution in [-0.2, 0) is 4.79 Å². The van der Waals surface area contributed by atoms with Gasteiger partial charge in [0.1, 0.15) is 17.3 Å². The van der Waals surface area contributed by atoms with Gasteiger partial charge in [-0.05, 0) is 54.2 Å². The molecule has 1 amide bonds. The molecule has 0 aromatic heterocycles. The number of methoxy groups -OCH3 is 2. The second-order valence-corrected chi connectivity index (χ2v) is 7.88. The molecule has 1 fully saturated rings. The molecule has 6 nitrogen and oxygen atoms in total. The van der Waals surface area contributed by atoms with Gasteiger partial charge in [-0.15, -0.1) is 0 Å². The van der Waals surface area contributed by atoms with Gasteiger partial charge in [0, 0.05) is 43.5 Å². The maximum absolute atomic E-state index is 13.1. The first-order chi connectivity index (χ1) is 14.6. The summed E-state index contributed by atoms with van der Waals surface area (Å²) in [6.45, 7) is 3.06. The Bertz CT molecular complexity index is 999. The Morgan fingerprint density at radius 2 is 1.70 bits per heavy atom. The molecule has 2 aromatic rings. The highest BCUT2D eigenvalue weighted by Gasteiger charge is 2.28. The zero-order chi connectivity index (χ0) is 21.1. The summed E-state index contributed by atoms with van der Waals surface area (Å²) >= 11 is 1.38. The van der Waals surface area contributed by atoms with E-state index in [1.54, 1.807) is 38.5 Å². The van der Waals surface area contributed by atoms with Crippen LogP contribution >= 0.6 is 11.8 Å². The van der Waals surface area contributed by atoms with E-state index in [1.165, 1.54) is 23.9 Å². The highest BCUT2D eigenvalue weighted by atomic mass is 32.2. The number of hydrogen-bond acceptors (Lipinski definition) is 6. The zero-order valence-electron chi connectivity index (χ0n) is 16.8. The third-order valence-corrected chi connectivity index (χ3v) is 6.12. The van der Waals surface area contributed by atoms with Crippen LogP contribution in [0.5, 0.6) is 11.5 Å². The largest absolute Gasteiger partial charge is 0.497 e. The summed E-state index contributed by atoms with van der Waals surface area (Å²) in [5, 5.41) is 0.720. The normalized spacial score (nSPS) is 18.0. The van der Waals surface area contributed by atoms with E-state index >= 15 is 0 Å². The molecule has 0 saturated carbocycles. The summed E-state index contributed by atoms with van der Waals surface area (Å²) in [6, 6.07) is 12.0. The van der Waals surface area contributed by atoms with E-state index in [1.807, 2.05) is 12.1 Å². The Morgan fingerprint density at radius 3 is 2.37 bits per heavy atom. The summed E-state index contributed by atoms with van der Waals surface area (Å²) in [5.41, 5.74) is 1.80. The third kappa shape index (κ3) is 4.28. The molecule has 0 atom stereocenters. The number of anilines is 1. The van der Waals surface area contributed by atoms with Crippen molar-refractivity contribution < 1.29 is 18.7 Å². The number of aliphatic imine (C=N–C) groups is 1. The van der Waals surface area contributed by atoms with Crippen LogP contribution in [0.4, 0.5) is 10.1 Å². The highest BCUT2D eigenvalue weighted by Crippen LogP contribution is 2.34. The molecule has 0 N–H and O–H groups in total. The minimum atomic E-state index is -0.242. The number of nitrogens with zero attached hydrogens (tertiary/aromatic N) is 3. The van der Waals surface area contributed by atoms with Gasteiger partial charge < -0.3 is 19.3 Å². The van der Waals surface area contributed by atoms with Gasteiger partial charge in [-0.25, -0.2) is 4.39 Å². The Balaban J connectivity index is 1.42. The molecule has 156 valence electrons. The number of carbonyl (C=O) groups is 1. The predicted molar refractivity (Wildman–Crippen MR) is 118 cm³/mol. The monoisotopic (exact) mass is 427 g/mol. The van der Waals surface area contributed by atoms with Gasteiger partial charge >= 0.3 is 0 Å². The smallest absolute Gasteiger partial charge is 0.286 e. The van der Waals surface area contributed by atoms with E-state index in [4.69, 9.17) is 9.47 Å². The average molecular weight is 428 g/mol. The van der Waals surface area contributed by atoms with Crippen molar-refractivity contribution in [3.63, 3.8) is 0 Å². The second-order valence-electron chi connectivity index (χ2n) is 6.87. The van der Waals surface area contributed by atoms with Gasteiger partial charge in [0.05, 0.1) is 19.1 Å². The molecule has 4 rings (SSSR count). The number of amides is 1. The number of halogens is 1. The Kier molecular flexibility index (Phi) is 5.94. The summed E-state index contributed by atoms with van der Waals surface area (Å²) in [7, 11) is 3.18. The molecule has 0 unspecified atom stereocenters. The molecule has 0 aliphatic carbocycles. The third-order valence-electron chi connectivity index (χ3n) is 5.08. The van der Waals surface area contributed by atoms with Gasteiger partial charge in [-0.3, -0.25) is 4.79 Å². The number of thioether (sulfide) groups is 1. The fraction of sp³-hybridized carbons (Fsp3) is 0.273. The molecule has 0 radical (unpaired) electrons. The number of amidine groups is 1. The molecule has 30 heavy (non-hydrogen) atoms. The van der Waals surface area contributed by atoms with E-state index in [0.29, 0.717) is 16.4 Å². The average Bonchev–Trinajstić information content (AvgIpc) is 3.15.